The lowest BCUT2D eigenvalue weighted by atomic mass is 10.1. The molecule has 1 heterocycles. The zero-order chi connectivity index (χ0) is 14.2. The summed E-state index contributed by atoms with van der Waals surface area (Å²) in [6.45, 7) is 5.30. The van der Waals surface area contributed by atoms with E-state index < -0.39 is 0 Å². The van der Waals surface area contributed by atoms with E-state index in [1.54, 1.807) is 6.08 Å². The number of nitrogens with zero attached hydrogens (tertiary/aromatic N) is 1. The maximum Gasteiger partial charge on any atom is 0.248 e. The van der Waals surface area contributed by atoms with Gasteiger partial charge in [-0.3, -0.25) is 9.69 Å². The summed E-state index contributed by atoms with van der Waals surface area (Å²) in [7, 11) is 0. The second-order valence-electron chi connectivity index (χ2n) is 5.31. The van der Waals surface area contributed by atoms with Gasteiger partial charge in [0.05, 0.1) is 0 Å². The van der Waals surface area contributed by atoms with Crippen molar-refractivity contribution >= 4 is 11.6 Å². The third-order valence-electron chi connectivity index (χ3n) is 3.68. The van der Waals surface area contributed by atoms with Crippen molar-refractivity contribution in [1.29, 1.82) is 0 Å². The molecule has 0 bridgehead atoms. The smallest absolute Gasteiger partial charge is 0.248 e. The number of piperidine rings is 1. The quantitative estimate of drug-likeness (QED) is 0.835. The highest BCUT2D eigenvalue weighted by Gasteiger charge is 2.07. The summed E-state index contributed by atoms with van der Waals surface area (Å²) in [5.74, 6) is -0.0461. The van der Waals surface area contributed by atoms with Crippen LogP contribution >= 0.6 is 0 Å². The zero-order valence-electron chi connectivity index (χ0n) is 12.3. The molecule has 2 rings (SSSR count). The van der Waals surface area contributed by atoms with Gasteiger partial charge in [0.2, 0.25) is 5.91 Å². The van der Waals surface area contributed by atoms with E-state index in [9.17, 15) is 4.79 Å². The summed E-state index contributed by atoms with van der Waals surface area (Å²) >= 11 is 0. The average molecular weight is 272 g/mol. The van der Waals surface area contributed by atoms with Crippen molar-refractivity contribution in [3.05, 3.63) is 42.0 Å². The first kappa shape index (κ1) is 14.8. The molecule has 1 aliphatic rings. The Balaban J connectivity index is 1.79. The summed E-state index contributed by atoms with van der Waals surface area (Å²) in [5.41, 5.74) is 2.11. The van der Waals surface area contributed by atoms with Crippen molar-refractivity contribution in [2.24, 2.45) is 0 Å². The molecule has 0 aromatic heterocycles. The van der Waals surface area contributed by atoms with Crippen molar-refractivity contribution in [3.63, 3.8) is 0 Å². The number of likely N-dealkylation sites (tertiary alicyclic amines) is 1. The molecule has 20 heavy (non-hydrogen) atoms. The molecule has 0 radical (unpaired) electrons. The molecule has 0 atom stereocenters. The van der Waals surface area contributed by atoms with Gasteiger partial charge in [-0.05, 0) is 50.0 Å². The summed E-state index contributed by atoms with van der Waals surface area (Å²) in [6, 6.07) is 8.00. The van der Waals surface area contributed by atoms with Crippen molar-refractivity contribution in [2.45, 2.75) is 32.6 Å². The van der Waals surface area contributed by atoms with Gasteiger partial charge in [0.25, 0.3) is 0 Å². The number of amides is 1. The Kier molecular flexibility index (Phi) is 5.81. The van der Waals surface area contributed by atoms with Crippen LogP contribution in [0.2, 0.25) is 0 Å². The van der Waals surface area contributed by atoms with Crippen LogP contribution < -0.4 is 5.32 Å². The van der Waals surface area contributed by atoms with Crippen LogP contribution in [0.4, 0.5) is 5.69 Å². The van der Waals surface area contributed by atoms with E-state index in [0.717, 1.165) is 31.7 Å². The van der Waals surface area contributed by atoms with Crippen LogP contribution in [0.1, 0.15) is 31.7 Å². The fourth-order valence-electron chi connectivity index (χ4n) is 2.50. The first-order chi connectivity index (χ1) is 9.78. The molecule has 1 aromatic carbocycles. The molecule has 1 fully saturated rings. The molecule has 3 heteroatoms. The molecule has 1 N–H and O–H groups in total. The van der Waals surface area contributed by atoms with Gasteiger partial charge < -0.3 is 5.32 Å². The van der Waals surface area contributed by atoms with Crippen LogP contribution in [-0.2, 0) is 11.2 Å². The van der Waals surface area contributed by atoms with Crippen molar-refractivity contribution in [2.75, 3.05) is 25.0 Å². The molecule has 1 aliphatic heterocycles. The number of anilines is 1. The fourth-order valence-corrected chi connectivity index (χ4v) is 2.50. The molecule has 0 saturated carbocycles. The predicted octanol–water partition coefficient (Wildman–Crippen LogP) is 3.23. The monoisotopic (exact) mass is 272 g/mol. The number of nitrogens with one attached hydrogen (secondary N) is 1. The van der Waals surface area contributed by atoms with E-state index in [-0.39, 0.29) is 5.91 Å². The fraction of sp³-hybridized carbons (Fsp3) is 0.471. The summed E-state index contributed by atoms with van der Waals surface area (Å²) in [4.78, 5) is 14.2. The van der Waals surface area contributed by atoms with Crippen molar-refractivity contribution in [3.8, 4) is 0 Å². The molecule has 1 saturated heterocycles. The van der Waals surface area contributed by atoms with E-state index in [1.807, 2.05) is 24.3 Å². The Morgan fingerprint density at radius 2 is 2.10 bits per heavy atom. The van der Waals surface area contributed by atoms with Gasteiger partial charge in [-0.15, -0.1) is 0 Å². The van der Waals surface area contributed by atoms with Crippen LogP contribution in [-0.4, -0.2) is 30.4 Å². The highest BCUT2D eigenvalue weighted by molar-refractivity contribution is 5.99. The summed E-state index contributed by atoms with van der Waals surface area (Å²) < 4.78 is 0. The molecule has 3 nitrogen and oxygen atoms in total. The lowest BCUT2D eigenvalue weighted by Crippen LogP contribution is -2.29. The van der Waals surface area contributed by atoms with Crippen molar-refractivity contribution in [1.82, 2.24) is 4.90 Å². The second kappa shape index (κ2) is 7.85. The Labute approximate surface area is 121 Å². The molecule has 0 unspecified atom stereocenters. The molecular formula is C17H24N2O. The van der Waals surface area contributed by atoms with Gasteiger partial charge in [0, 0.05) is 18.3 Å². The van der Waals surface area contributed by atoms with Gasteiger partial charge in [0.1, 0.15) is 0 Å². The van der Waals surface area contributed by atoms with Crippen LogP contribution in [0.25, 0.3) is 0 Å². The third-order valence-corrected chi connectivity index (χ3v) is 3.68. The second-order valence-corrected chi connectivity index (χ2v) is 5.31. The first-order valence-corrected chi connectivity index (χ1v) is 7.57. The molecule has 1 amide bonds. The lowest BCUT2D eigenvalue weighted by Gasteiger charge is -2.24. The van der Waals surface area contributed by atoms with E-state index in [1.165, 1.54) is 24.8 Å². The van der Waals surface area contributed by atoms with E-state index in [2.05, 4.69) is 23.2 Å². The Morgan fingerprint density at radius 1 is 1.30 bits per heavy atom. The number of hydrogen-bond donors (Lipinski definition) is 1. The van der Waals surface area contributed by atoms with Gasteiger partial charge in [0.15, 0.2) is 0 Å². The molecule has 1 aromatic rings. The standard InChI is InChI=1S/C17H24N2O/c1-2-15-8-6-9-16(14-15)18-17(20)10-7-13-19-11-4-3-5-12-19/h6-10,14H,2-5,11-13H2,1H3,(H,18,20)/b10-7+. The van der Waals surface area contributed by atoms with E-state index in [4.69, 9.17) is 0 Å². The average Bonchev–Trinajstić information content (AvgIpc) is 2.48. The van der Waals surface area contributed by atoms with E-state index in [0.29, 0.717) is 0 Å². The lowest BCUT2D eigenvalue weighted by molar-refractivity contribution is -0.111. The minimum absolute atomic E-state index is 0.0461. The highest BCUT2D eigenvalue weighted by atomic mass is 16.1. The van der Waals surface area contributed by atoms with Gasteiger partial charge >= 0.3 is 0 Å². The minimum Gasteiger partial charge on any atom is -0.323 e. The molecule has 0 aliphatic carbocycles. The third kappa shape index (κ3) is 4.82. The number of rotatable bonds is 5. The highest BCUT2D eigenvalue weighted by Crippen LogP contribution is 2.11. The summed E-state index contributed by atoms with van der Waals surface area (Å²) in [5, 5.41) is 2.91. The minimum atomic E-state index is -0.0461. The van der Waals surface area contributed by atoms with Crippen LogP contribution in [0.5, 0.6) is 0 Å². The maximum atomic E-state index is 11.8. The predicted molar refractivity (Wildman–Crippen MR) is 83.9 cm³/mol. The van der Waals surface area contributed by atoms with Gasteiger partial charge in [-0.25, -0.2) is 0 Å². The Morgan fingerprint density at radius 3 is 2.85 bits per heavy atom. The molecule has 108 valence electrons. The Bertz CT molecular complexity index is 462. The SMILES string of the molecule is CCc1cccc(NC(=O)/C=C/CN2CCCCC2)c1. The number of benzene rings is 1. The first-order valence-electron chi connectivity index (χ1n) is 7.57. The summed E-state index contributed by atoms with van der Waals surface area (Å²) in [6.07, 6.45) is 8.49. The van der Waals surface area contributed by atoms with Gasteiger partial charge in [-0.1, -0.05) is 31.6 Å². The van der Waals surface area contributed by atoms with Gasteiger partial charge in [-0.2, -0.15) is 0 Å². The van der Waals surface area contributed by atoms with Crippen LogP contribution in [0, 0.1) is 0 Å². The Hall–Kier alpha value is -1.61. The largest absolute Gasteiger partial charge is 0.323 e. The molecule has 0 spiro atoms. The van der Waals surface area contributed by atoms with E-state index >= 15 is 0 Å². The zero-order valence-corrected chi connectivity index (χ0v) is 12.3. The normalized spacial score (nSPS) is 16.4. The number of carbonyl (C=O) groups is 1. The molecular weight excluding hydrogens is 248 g/mol. The number of hydrogen-bond acceptors (Lipinski definition) is 2. The number of carbonyl (C=O) groups excluding carboxylic acids is 1. The van der Waals surface area contributed by atoms with Crippen LogP contribution in [0.3, 0.4) is 0 Å². The maximum absolute atomic E-state index is 11.8. The number of aryl methyl sites for hydroxylation is 1. The van der Waals surface area contributed by atoms with Crippen LogP contribution in [0.15, 0.2) is 36.4 Å². The topological polar surface area (TPSA) is 32.3 Å². The van der Waals surface area contributed by atoms with Crippen molar-refractivity contribution < 1.29 is 4.79 Å².